The van der Waals surface area contributed by atoms with Crippen LogP contribution in [0.15, 0.2) is 9.59 Å². The summed E-state index contributed by atoms with van der Waals surface area (Å²) >= 11 is 0. The lowest BCUT2D eigenvalue weighted by Crippen LogP contribution is -2.50. The van der Waals surface area contributed by atoms with E-state index in [0.29, 0.717) is 35.7 Å². The molecule has 178 valence electrons. The molecule has 7 nitrogen and oxygen atoms in total. The van der Waals surface area contributed by atoms with Gasteiger partial charge in [0, 0.05) is 31.1 Å². The fourth-order valence-electron chi connectivity index (χ4n) is 6.07. The number of aryl methyl sites for hydroxylation is 1. The van der Waals surface area contributed by atoms with Crippen LogP contribution in [0.3, 0.4) is 0 Å². The Balaban J connectivity index is 1.63. The van der Waals surface area contributed by atoms with E-state index < -0.39 is 0 Å². The highest BCUT2D eigenvalue weighted by Crippen LogP contribution is 2.57. The standard InChI is InChI=1S/C25H41N5O2/c1-5-8-18(4)26-17-24-9-12-25(13-10-24,14-11-24)22-27-19-20(28-22)29(15-6-2)23(32)30(16-7-3)21(19)31/h18,26H,5-17H2,1-4H3,(H,27,28). The van der Waals surface area contributed by atoms with E-state index in [-0.39, 0.29) is 16.7 Å². The van der Waals surface area contributed by atoms with Gasteiger partial charge in [0.25, 0.3) is 5.56 Å². The van der Waals surface area contributed by atoms with Crippen LogP contribution < -0.4 is 16.6 Å². The van der Waals surface area contributed by atoms with Crippen LogP contribution in [0.2, 0.25) is 0 Å². The molecule has 0 amide bonds. The van der Waals surface area contributed by atoms with Crippen molar-refractivity contribution in [3.8, 4) is 0 Å². The van der Waals surface area contributed by atoms with Crippen molar-refractivity contribution in [2.24, 2.45) is 5.41 Å². The van der Waals surface area contributed by atoms with E-state index in [0.717, 1.165) is 44.5 Å². The number of nitrogens with one attached hydrogen (secondary N) is 2. The number of imidazole rings is 1. The number of aromatic amines is 1. The molecule has 3 aliphatic rings. The molecule has 7 heteroatoms. The third kappa shape index (κ3) is 3.97. The molecule has 0 spiro atoms. The molecule has 3 aliphatic carbocycles. The van der Waals surface area contributed by atoms with Crippen LogP contribution in [0, 0.1) is 5.41 Å². The number of hydrogen-bond donors (Lipinski definition) is 2. The van der Waals surface area contributed by atoms with Gasteiger partial charge in [-0.15, -0.1) is 0 Å². The van der Waals surface area contributed by atoms with Gasteiger partial charge in [-0.05, 0) is 70.1 Å². The molecule has 0 saturated heterocycles. The Hall–Kier alpha value is -1.89. The van der Waals surface area contributed by atoms with E-state index in [9.17, 15) is 9.59 Å². The van der Waals surface area contributed by atoms with Crippen LogP contribution in [0.25, 0.3) is 11.2 Å². The summed E-state index contributed by atoms with van der Waals surface area (Å²) in [5, 5.41) is 3.79. The molecule has 2 aromatic rings. The minimum atomic E-state index is -0.222. The summed E-state index contributed by atoms with van der Waals surface area (Å²) in [5.41, 5.74) is 1.05. The zero-order chi connectivity index (χ0) is 22.9. The molecule has 1 atom stereocenters. The number of rotatable bonds is 10. The Labute approximate surface area is 191 Å². The third-order valence-electron chi connectivity index (χ3n) is 8.21. The molecular formula is C25H41N5O2. The van der Waals surface area contributed by atoms with Crippen molar-refractivity contribution in [3.05, 3.63) is 26.7 Å². The molecule has 2 bridgehead atoms. The lowest BCUT2D eigenvalue weighted by atomic mass is 9.53. The Kier molecular flexibility index (Phi) is 6.66. The maximum atomic E-state index is 13.1. The molecule has 3 saturated carbocycles. The highest BCUT2D eigenvalue weighted by Gasteiger charge is 2.50. The number of hydrogen-bond acceptors (Lipinski definition) is 4. The van der Waals surface area contributed by atoms with Gasteiger partial charge in [0.1, 0.15) is 11.3 Å². The Morgan fingerprint density at radius 2 is 1.59 bits per heavy atom. The van der Waals surface area contributed by atoms with Crippen molar-refractivity contribution in [2.45, 2.75) is 116 Å². The molecule has 5 rings (SSSR count). The monoisotopic (exact) mass is 443 g/mol. The van der Waals surface area contributed by atoms with Crippen LogP contribution in [0.4, 0.5) is 0 Å². The van der Waals surface area contributed by atoms with Crippen molar-refractivity contribution in [1.29, 1.82) is 0 Å². The average Bonchev–Trinajstić information content (AvgIpc) is 3.26. The van der Waals surface area contributed by atoms with E-state index in [4.69, 9.17) is 4.98 Å². The van der Waals surface area contributed by atoms with Gasteiger partial charge in [-0.25, -0.2) is 9.78 Å². The minimum absolute atomic E-state index is 0.0188. The number of fused-ring (bicyclic) bond motifs is 4. The largest absolute Gasteiger partial charge is 0.336 e. The number of aromatic nitrogens is 4. The molecule has 0 aromatic carbocycles. The number of nitrogens with zero attached hydrogens (tertiary/aromatic N) is 3. The van der Waals surface area contributed by atoms with Crippen molar-refractivity contribution in [1.82, 2.24) is 24.4 Å². The molecule has 32 heavy (non-hydrogen) atoms. The van der Waals surface area contributed by atoms with Crippen LogP contribution in [-0.4, -0.2) is 31.7 Å². The summed E-state index contributed by atoms with van der Waals surface area (Å²) in [6, 6.07) is 0.582. The van der Waals surface area contributed by atoms with Gasteiger partial charge in [-0.1, -0.05) is 27.2 Å². The maximum absolute atomic E-state index is 13.1. The summed E-state index contributed by atoms with van der Waals surface area (Å²) in [6.45, 7) is 10.7. The Morgan fingerprint density at radius 1 is 0.969 bits per heavy atom. The van der Waals surface area contributed by atoms with Crippen LogP contribution >= 0.6 is 0 Å². The number of H-pyrrole nitrogens is 1. The summed E-state index contributed by atoms with van der Waals surface area (Å²) in [7, 11) is 0. The third-order valence-corrected chi connectivity index (χ3v) is 8.21. The van der Waals surface area contributed by atoms with E-state index in [1.165, 1.54) is 36.7 Å². The normalized spacial score (nSPS) is 26.1. The maximum Gasteiger partial charge on any atom is 0.332 e. The second-order valence-electron chi connectivity index (χ2n) is 10.5. The van der Waals surface area contributed by atoms with E-state index >= 15 is 0 Å². The summed E-state index contributed by atoms with van der Waals surface area (Å²) in [5.74, 6) is 0.934. The molecule has 2 aromatic heterocycles. The average molecular weight is 444 g/mol. The van der Waals surface area contributed by atoms with E-state index in [2.05, 4.69) is 31.1 Å². The zero-order valence-corrected chi connectivity index (χ0v) is 20.4. The first-order valence-corrected chi connectivity index (χ1v) is 12.9. The van der Waals surface area contributed by atoms with Gasteiger partial charge in [-0.2, -0.15) is 0 Å². The molecule has 2 heterocycles. The van der Waals surface area contributed by atoms with Gasteiger partial charge in [0.2, 0.25) is 0 Å². The fraction of sp³-hybridized carbons (Fsp3) is 0.800. The molecule has 2 N–H and O–H groups in total. The molecule has 0 radical (unpaired) electrons. The first-order valence-electron chi connectivity index (χ1n) is 12.9. The van der Waals surface area contributed by atoms with Gasteiger partial charge in [0.15, 0.2) is 5.65 Å². The SMILES string of the molecule is CCCC(C)NCC12CCC(c3nc4c([nH]3)c(=O)n(CCC)c(=O)n4CCC)(CC1)CC2. The van der Waals surface area contributed by atoms with Crippen molar-refractivity contribution < 1.29 is 0 Å². The highest BCUT2D eigenvalue weighted by molar-refractivity contribution is 5.70. The smallest absolute Gasteiger partial charge is 0.332 e. The highest BCUT2D eigenvalue weighted by atomic mass is 16.2. The Bertz CT molecular complexity index is 1040. The topological polar surface area (TPSA) is 84.7 Å². The molecule has 1 unspecified atom stereocenters. The van der Waals surface area contributed by atoms with Crippen LogP contribution in [-0.2, 0) is 18.5 Å². The molecule has 3 fully saturated rings. The summed E-state index contributed by atoms with van der Waals surface area (Å²) in [4.78, 5) is 34.5. The quantitative estimate of drug-likeness (QED) is 0.579. The van der Waals surface area contributed by atoms with Crippen molar-refractivity contribution in [3.63, 3.8) is 0 Å². The summed E-state index contributed by atoms with van der Waals surface area (Å²) in [6.07, 6.45) is 11.0. The van der Waals surface area contributed by atoms with Crippen LogP contribution in [0.1, 0.15) is 97.7 Å². The second kappa shape index (κ2) is 9.16. The minimum Gasteiger partial charge on any atom is -0.336 e. The molecular weight excluding hydrogens is 402 g/mol. The van der Waals surface area contributed by atoms with Gasteiger partial charge >= 0.3 is 5.69 Å². The van der Waals surface area contributed by atoms with E-state index in [1.54, 1.807) is 4.57 Å². The second-order valence-corrected chi connectivity index (χ2v) is 10.5. The Morgan fingerprint density at radius 3 is 2.19 bits per heavy atom. The van der Waals surface area contributed by atoms with Gasteiger partial charge in [-0.3, -0.25) is 13.9 Å². The first-order chi connectivity index (χ1) is 15.4. The van der Waals surface area contributed by atoms with E-state index in [1.807, 2.05) is 6.92 Å². The summed E-state index contributed by atoms with van der Waals surface area (Å²) < 4.78 is 3.09. The van der Waals surface area contributed by atoms with Crippen LogP contribution in [0.5, 0.6) is 0 Å². The lowest BCUT2D eigenvalue weighted by molar-refractivity contribution is 0.0341. The molecule has 0 aliphatic heterocycles. The van der Waals surface area contributed by atoms with Crippen molar-refractivity contribution >= 4 is 11.2 Å². The van der Waals surface area contributed by atoms with Crippen molar-refractivity contribution in [2.75, 3.05) is 6.54 Å². The predicted octanol–water partition coefficient (Wildman–Crippen LogP) is 4.08. The predicted molar refractivity (Wildman–Crippen MR) is 129 cm³/mol. The lowest BCUT2D eigenvalue weighted by Gasteiger charge is -2.53. The van der Waals surface area contributed by atoms with Gasteiger partial charge < -0.3 is 10.3 Å². The first kappa shape index (κ1) is 23.3. The fourth-order valence-corrected chi connectivity index (χ4v) is 6.07. The zero-order valence-electron chi connectivity index (χ0n) is 20.4. The van der Waals surface area contributed by atoms with Gasteiger partial charge in [0.05, 0.1) is 0 Å².